The largest absolute Gasteiger partial charge is 0.497 e. The molecule has 2 heterocycles. The number of ether oxygens (including phenoxy) is 2. The minimum atomic E-state index is -3.69. The maximum Gasteiger partial charge on any atom is 0.255 e. The average Bonchev–Trinajstić information content (AvgIpc) is 2.86. The molecular weight excluding hydrogens is 454 g/mol. The molecule has 8 nitrogen and oxygen atoms in total. The monoisotopic (exact) mass is 481 g/mol. The van der Waals surface area contributed by atoms with Gasteiger partial charge in [-0.25, -0.2) is 13.4 Å². The van der Waals surface area contributed by atoms with E-state index in [1.54, 1.807) is 61.8 Å². The van der Waals surface area contributed by atoms with Gasteiger partial charge in [0.1, 0.15) is 17.2 Å². The average molecular weight is 482 g/mol. The van der Waals surface area contributed by atoms with E-state index in [9.17, 15) is 13.2 Å². The molecule has 1 aromatic heterocycles. The van der Waals surface area contributed by atoms with Gasteiger partial charge in [0.2, 0.25) is 15.9 Å². The minimum absolute atomic E-state index is 0.0655. The predicted octanol–water partition coefficient (Wildman–Crippen LogP) is 4.70. The molecule has 0 radical (unpaired) electrons. The van der Waals surface area contributed by atoms with Crippen molar-refractivity contribution in [3.63, 3.8) is 0 Å². The molecule has 0 spiro atoms. The van der Waals surface area contributed by atoms with E-state index in [2.05, 4.69) is 10.3 Å². The molecule has 1 aliphatic rings. The molecule has 0 bridgehead atoms. The van der Waals surface area contributed by atoms with Crippen molar-refractivity contribution in [3.05, 3.63) is 72.4 Å². The smallest absolute Gasteiger partial charge is 0.255 e. The van der Waals surface area contributed by atoms with Crippen molar-refractivity contribution in [1.82, 2.24) is 9.29 Å². The fourth-order valence-corrected chi connectivity index (χ4v) is 5.63. The Kier molecular flexibility index (Phi) is 7.14. The summed E-state index contributed by atoms with van der Waals surface area (Å²) in [6, 6.07) is 16.3. The lowest BCUT2D eigenvalue weighted by Gasteiger charge is -2.32. The van der Waals surface area contributed by atoms with Gasteiger partial charge in [-0.15, -0.1) is 0 Å². The third-order valence-corrected chi connectivity index (χ3v) is 7.75. The van der Waals surface area contributed by atoms with Crippen LogP contribution >= 0.6 is 0 Å². The lowest BCUT2D eigenvalue weighted by atomic mass is 10.1. The number of methoxy groups -OCH3 is 1. The molecule has 1 amide bonds. The first-order chi connectivity index (χ1) is 16.4. The standard InChI is InChI=1S/C25H27N3O5S/c1-18-7-3-4-16-28(18)34(30,31)22-9-5-8-19(17-22)24(29)27-23-10-6-15-26-25(23)33-21-13-11-20(32-2)12-14-21/h5-6,8-15,17-18H,3-4,7,16H2,1-2H3,(H,27,29). The first kappa shape index (κ1) is 23.7. The second kappa shape index (κ2) is 10.2. The summed E-state index contributed by atoms with van der Waals surface area (Å²) in [6.07, 6.45) is 4.24. The van der Waals surface area contributed by atoms with Crippen LogP contribution in [0.1, 0.15) is 36.5 Å². The number of nitrogens with one attached hydrogen (secondary N) is 1. The Morgan fingerprint density at radius 3 is 2.56 bits per heavy atom. The van der Waals surface area contributed by atoms with E-state index in [-0.39, 0.29) is 22.4 Å². The summed E-state index contributed by atoms with van der Waals surface area (Å²) in [5.74, 6) is 0.970. The quantitative estimate of drug-likeness (QED) is 0.525. The van der Waals surface area contributed by atoms with Crippen molar-refractivity contribution >= 4 is 21.6 Å². The number of benzene rings is 2. The Hall–Kier alpha value is -3.43. The van der Waals surface area contributed by atoms with Crippen molar-refractivity contribution in [3.8, 4) is 17.4 Å². The number of sulfonamides is 1. The molecule has 1 saturated heterocycles. The fraction of sp³-hybridized carbons (Fsp3) is 0.280. The summed E-state index contributed by atoms with van der Waals surface area (Å²) in [4.78, 5) is 17.3. The van der Waals surface area contributed by atoms with E-state index in [0.29, 0.717) is 23.7 Å². The lowest BCUT2D eigenvalue weighted by molar-refractivity contribution is 0.102. The van der Waals surface area contributed by atoms with Crippen molar-refractivity contribution in [2.45, 2.75) is 37.1 Å². The minimum Gasteiger partial charge on any atom is -0.497 e. The van der Waals surface area contributed by atoms with Crippen LogP contribution in [-0.2, 0) is 10.0 Å². The third kappa shape index (κ3) is 5.21. The zero-order valence-corrected chi connectivity index (χ0v) is 19.9. The summed E-state index contributed by atoms with van der Waals surface area (Å²) in [5.41, 5.74) is 0.589. The Balaban J connectivity index is 1.53. The van der Waals surface area contributed by atoms with E-state index < -0.39 is 15.9 Å². The number of amides is 1. The van der Waals surface area contributed by atoms with Crippen molar-refractivity contribution in [1.29, 1.82) is 0 Å². The van der Waals surface area contributed by atoms with Crippen LogP contribution in [0.4, 0.5) is 5.69 Å². The van der Waals surface area contributed by atoms with Crippen molar-refractivity contribution < 1.29 is 22.7 Å². The van der Waals surface area contributed by atoms with Crippen LogP contribution in [0.5, 0.6) is 17.4 Å². The molecule has 0 aliphatic carbocycles. The van der Waals surface area contributed by atoms with Crippen LogP contribution < -0.4 is 14.8 Å². The van der Waals surface area contributed by atoms with Gasteiger partial charge in [-0.3, -0.25) is 4.79 Å². The normalized spacial score (nSPS) is 16.6. The Morgan fingerprint density at radius 1 is 1.06 bits per heavy atom. The molecule has 9 heteroatoms. The molecule has 1 N–H and O–H groups in total. The summed E-state index contributed by atoms with van der Waals surface area (Å²) in [6.45, 7) is 2.40. The zero-order valence-electron chi connectivity index (χ0n) is 19.1. The van der Waals surface area contributed by atoms with Gasteiger partial charge in [0.15, 0.2) is 0 Å². The SMILES string of the molecule is COc1ccc(Oc2ncccc2NC(=O)c2cccc(S(=O)(=O)N3CCCCC3C)c2)cc1. The molecule has 1 atom stereocenters. The van der Waals surface area contributed by atoms with Gasteiger partial charge in [0, 0.05) is 24.3 Å². The van der Waals surface area contributed by atoms with Gasteiger partial charge >= 0.3 is 0 Å². The number of aromatic nitrogens is 1. The van der Waals surface area contributed by atoms with Crippen molar-refractivity contribution in [2.24, 2.45) is 0 Å². The van der Waals surface area contributed by atoms with Crippen LogP contribution in [-0.4, -0.2) is 43.3 Å². The molecule has 178 valence electrons. The molecule has 34 heavy (non-hydrogen) atoms. The van der Waals surface area contributed by atoms with Gasteiger partial charge in [-0.2, -0.15) is 4.31 Å². The van der Waals surface area contributed by atoms with Crippen LogP contribution in [0.25, 0.3) is 0 Å². The molecule has 3 aromatic rings. The Morgan fingerprint density at radius 2 is 1.82 bits per heavy atom. The van der Waals surface area contributed by atoms with Crippen LogP contribution in [0.2, 0.25) is 0 Å². The maximum atomic E-state index is 13.2. The molecular formula is C25H27N3O5S. The molecule has 1 aliphatic heterocycles. The van der Waals surface area contributed by atoms with Gasteiger partial charge in [0.25, 0.3) is 5.91 Å². The molecule has 1 unspecified atom stereocenters. The van der Waals surface area contributed by atoms with Gasteiger partial charge in [-0.05, 0) is 74.4 Å². The highest BCUT2D eigenvalue weighted by Crippen LogP contribution is 2.29. The van der Waals surface area contributed by atoms with Gasteiger partial charge < -0.3 is 14.8 Å². The van der Waals surface area contributed by atoms with Crippen LogP contribution in [0.3, 0.4) is 0 Å². The van der Waals surface area contributed by atoms with E-state index in [1.807, 2.05) is 6.92 Å². The topological polar surface area (TPSA) is 97.8 Å². The number of carbonyl (C=O) groups excluding carboxylic acids is 1. The first-order valence-corrected chi connectivity index (χ1v) is 12.5. The molecule has 1 fully saturated rings. The highest BCUT2D eigenvalue weighted by atomic mass is 32.2. The number of piperidine rings is 1. The summed E-state index contributed by atoms with van der Waals surface area (Å²) in [7, 11) is -2.11. The second-order valence-corrected chi connectivity index (χ2v) is 9.97. The number of hydrogen-bond acceptors (Lipinski definition) is 6. The van der Waals surface area contributed by atoms with E-state index >= 15 is 0 Å². The molecule has 0 saturated carbocycles. The zero-order chi connectivity index (χ0) is 24.1. The number of rotatable bonds is 7. The highest BCUT2D eigenvalue weighted by Gasteiger charge is 2.31. The maximum absolute atomic E-state index is 13.2. The van der Waals surface area contributed by atoms with Crippen LogP contribution in [0, 0.1) is 0 Å². The second-order valence-electron chi connectivity index (χ2n) is 8.08. The lowest BCUT2D eigenvalue weighted by Crippen LogP contribution is -2.41. The number of nitrogens with zero attached hydrogens (tertiary/aromatic N) is 2. The predicted molar refractivity (Wildman–Crippen MR) is 129 cm³/mol. The van der Waals surface area contributed by atoms with Crippen LogP contribution in [0.15, 0.2) is 71.8 Å². The Labute approximate surface area is 199 Å². The van der Waals surface area contributed by atoms with Crippen molar-refractivity contribution in [2.75, 3.05) is 19.0 Å². The fourth-order valence-electron chi connectivity index (χ4n) is 3.88. The summed E-state index contributed by atoms with van der Waals surface area (Å²) >= 11 is 0. The first-order valence-electron chi connectivity index (χ1n) is 11.1. The number of carbonyl (C=O) groups is 1. The van der Waals surface area contributed by atoms with E-state index in [1.165, 1.54) is 16.4 Å². The summed E-state index contributed by atoms with van der Waals surface area (Å²) in [5, 5.41) is 2.78. The van der Waals surface area contributed by atoms with E-state index in [0.717, 1.165) is 19.3 Å². The van der Waals surface area contributed by atoms with Gasteiger partial charge in [-0.1, -0.05) is 12.5 Å². The van der Waals surface area contributed by atoms with E-state index in [4.69, 9.17) is 9.47 Å². The number of hydrogen-bond donors (Lipinski definition) is 1. The molecule has 4 rings (SSSR count). The molecule has 2 aromatic carbocycles. The number of pyridine rings is 1. The summed E-state index contributed by atoms with van der Waals surface area (Å²) < 4.78 is 38.9. The highest BCUT2D eigenvalue weighted by molar-refractivity contribution is 7.89. The number of anilines is 1. The Bertz CT molecular complexity index is 1260. The van der Waals surface area contributed by atoms with Gasteiger partial charge in [0.05, 0.1) is 12.0 Å². The third-order valence-electron chi connectivity index (χ3n) is 5.74.